The van der Waals surface area contributed by atoms with Crippen molar-refractivity contribution in [3.05, 3.63) is 33.3 Å². The SMILES string of the molecule is O=[N+]([O-])c1ccc(Cl)cc1NCC(C1CC1)C1CC1. The number of hydrogen-bond donors (Lipinski definition) is 1. The van der Waals surface area contributed by atoms with Gasteiger partial charge in [0.1, 0.15) is 5.69 Å². The van der Waals surface area contributed by atoms with Crippen LogP contribution in [0.2, 0.25) is 5.02 Å². The summed E-state index contributed by atoms with van der Waals surface area (Å²) in [5.41, 5.74) is 0.651. The predicted molar refractivity (Wildman–Crippen MR) is 75.5 cm³/mol. The summed E-state index contributed by atoms with van der Waals surface area (Å²) >= 11 is 5.92. The van der Waals surface area contributed by atoms with Crippen LogP contribution in [0.15, 0.2) is 18.2 Å². The molecule has 2 saturated carbocycles. The van der Waals surface area contributed by atoms with Crippen LogP contribution in [0.3, 0.4) is 0 Å². The normalized spacial score (nSPS) is 18.6. The van der Waals surface area contributed by atoms with E-state index in [1.54, 1.807) is 12.1 Å². The highest BCUT2D eigenvalue weighted by Crippen LogP contribution is 2.49. The quantitative estimate of drug-likeness (QED) is 0.630. The van der Waals surface area contributed by atoms with Crippen LogP contribution in [-0.2, 0) is 0 Å². The number of anilines is 1. The standard InChI is InChI=1S/C14H17ClN2O2/c15-11-5-6-14(17(18)19)13(7-11)16-8-12(9-1-2-9)10-3-4-10/h5-7,9-10,12,16H,1-4,8H2. The molecule has 0 bridgehead atoms. The molecule has 2 aliphatic carbocycles. The monoisotopic (exact) mass is 280 g/mol. The van der Waals surface area contributed by atoms with Crippen LogP contribution in [0.1, 0.15) is 25.7 Å². The van der Waals surface area contributed by atoms with Gasteiger partial charge in [0.2, 0.25) is 0 Å². The van der Waals surface area contributed by atoms with Gasteiger partial charge in [0.25, 0.3) is 5.69 Å². The molecule has 19 heavy (non-hydrogen) atoms. The van der Waals surface area contributed by atoms with E-state index in [0.717, 1.165) is 18.4 Å². The maximum Gasteiger partial charge on any atom is 0.292 e. The van der Waals surface area contributed by atoms with Crippen LogP contribution in [0.25, 0.3) is 0 Å². The molecule has 0 unspecified atom stereocenters. The first-order valence-corrected chi connectivity index (χ1v) is 7.21. The Hall–Kier alpha value is -1.29. The number of nitrogens with zero attached hydrogens (tertiary/aromatic N) is 1. The van der Waals surface area contributed by atoms with E-state index in [0.29, 0.717) is 16.6 Å². The minimum absolute atomic E-state index is 0.106. The Balaban J connectivity index is 1.71. The lowest BCUT2D eigenvalue weighted by atomic mass is 9.98. The van der Waals surface area contributed by atoms with Gasteiger partial charge in [-0.3, -0.25) is 10.1 Å². The summed E-state index contributed by atoms with van der Waals surface area (Å²) in [6.45, 7) is 0.830. The minimum Gasteiger partial charge on any atom is -0.379 e. The molecule has 0 heterocycles. The van der Waals surface area contributed by atoms with Gasteiger partial charge in [-0.2, -0.15) is 0 Å². The van der Waals surface area contributed by atoms with Gasteiger partial charge in [-0.1, -0.05) is 11.6 Å². The van der Waals surface area contributed by atoms with Gasteiger partial charge in [0.05, 0.1) is 4.92 Å². The third-order valence-corrected chi connectivity index (χ3v) is 4.37. The molecule has 5 heteroatoms. The number of benzene rings is 1. The lowest BCUT2D eigenvalue weighted by Gasteiger charge is -2.17. The van der Waals surface area contributed by atoms with E-state index in [9.17, 15) is 10.1 Å². The Morgan fingerprint density at radius 1 is 1.32 bits per heavy atom. The third kappa shape index (κ3) is 3.00. The lowest BCUT2D eigenvalue weighted by molar-refractivity contribution is -0.384. The number of nitro benzene ring substituents is 1. The molecule has 0 radical (unpaired) electrons. The van der Waals surface area contributed by atoms with E-state index in [1.807, 2.05) is 0 Å². The smallest absolute Gasteiger partial charge is 0.292 e. The Morgan fingerprint density at radius 3 is 2.47 bits per heavy atom. The minimum atomic E-state index is -0.359. The number of nitrogens with one attached hydrogen (secondary N) is 1. The second-order valence-corrected chi connectivity index (χ2v) is 6.07. The molecule has 0 aromatic heterocycles. The molecule has 0 spiro atoms. The number of rotatable bonds is 6. The Morgan fingerprint density at radius 2 is 1.95 bits per heavy atom. The lowest BCUT2D eigenvalue weighted by Crippen LogP contribution is -2.18. The number of halogens is 1. The van der Waals surface area contributed by atoms with Gasteiger partial charge in [-0.25, -0.2) is 0 Å². The van der Waals surface area contributed by atoms with Crippen LogP contribution in [0.4, 0.5) is 11.4 Å². The highest BCUT2D eigenvalue weighted by atomic mass is 35.5. The fourth-order valence-corrected chi connectivity index (χ4v) is 2.98. The van der Waals surface area contributed by atoms with Crippen LogP contribution in [0, 0.1) is 27.9 Å². The summed E-state index contributed by atoms with van der Waals surface area (Å²) in [5, 5.41) is 14.8. The van der Waals surface area contributed by atoms with Crippen molar-refractivity contribution in [2.75, 3.05) is 11.9 Å². The van der Waals surface area contributed by atoms with Crippen molar-refractivity contribution < 1.29 is 4.92 Å². The summed E-state index contributed by atoms with van der Waals surface area (Å²) in [7, 11) is 0. The van der Waals surface area contributed by atoms with Crippen LogP contribution in [-0.4, -0.2) is 11.5 Å². The predicted octanol–water partition coefficient (Wildman–Crippen LogP) is 4.10. The molecule has 1 aromatic rings. The van der Waals surface area contributed by atoms with E-state index in [1.165, 1.54) is 31.7 Å². The summed E-state index contributed by atoms with van der Waals surface area (Å²) < 4.78 is 0. The van der Waals surface area contributed by atoms with Gasteiger partial charge < -0.3 is 5.32 Å². The maximum absolute atomic E-state index is 11.0. The second-order valence-electron chi connectivity index (χ2n) is 5.64. The zero-order valence-electron chi connectivity index (χ0n) is 10.6. The molecule has 102 valence electrons. The van der Waals surface area contributed by atoms with Gasteiger partial charge in [0.15, 0.2) is 0 Å². The Kier molecular flexibility index (Phi) is 3.35. The average molecular weight is 281 g/mol. The van der Waals surface area contributed by atoms with Gasteiger partial charge >= 0.3 is 0 Å². The zero-order valence-corrected chi connectivity index (χ0v) is 11.4. The van der Waals surface area contributed by atoms with E-state index in [-0.39, 0.29) is 10.6 Å². The van der Waals surface area contributed by atoms with Gasteiger partial charge in [-0.15, -0.1) is 0 Å². The fourth-order valence-electron chi connectivity index (χ4n) is 2.80. The molecule has 4 nitrogen and oxygen atoms in total. The van der Waals surface area contributed by atoms with Crippen molar-refractivity contribution >= 4 is 23.0 Å². The molecule has 0 aliphatic heterocycles. The van der Waals surface area contributed by atoms with E-state index in [2.05, 4.69) is 5.32 Å². The van der Waals surface area contributed by atoms with Gasteiger partial charge in [0, 0.05) is 17.6 Å². The molecule has 2 fully saturated rings. The third-order valence-electron chi connectivity index (χ3n) is 4.14. The topological polar surface area (TPSA) is 55.2 Å². The van der Waals surface area contributed by atoms with Crippen LogP contribution >= 0.6 is 11.6 Å². The van der Waals surface area contributed by atoms with Crippen molar-refractivity contribution in [1.82, 2.24) is 0 Å². The van der Waals surface area contributed by atoms with Crippen molar-refractivity contribution in [1.29, 1.82) is 0 Å². The fraction of sp³-hybridized carbons (Fsp3) is 0.571. The molecular weight excluding hydrogens is 264 g/mol. The highest BCUT2D eigenvalue weighted by molar-refractivity contribution is 6.31. The first-order valence-electron chi connectivity index (χ1n) is 6.83. The first kappa shape index (κ1) is 12.7. The van der Waals surface area contributed by atoms with Crippen molar-refractivity contribution in [3.8, 4) is 0 Å². The summed E-state index contributed by atoms with van der Waals surface area (Å²) in [6, 6.07) is 4.68. The molecule has 1 N–H and O–H groups in total. The van der Waals surface area contributed by atoms with E-state index >= 15 is 0 Å². The average Bonchev–Trinajstić information content (AvgIpc) is 3.24. The summed E-state index contributed by atoms with van der Waals surface area (Å²) in [4.78, 5) is 10.6. The highest BCUT2D eigenvalue weighted by Gasteiger charge is 2.41. The molecule has 3 rings (SSSR count). The number of hydrogen-bond acceptors (Lipinski definition) is 3. The number of nitro groups is 1. The molecule has 1 aromatic carbocycles. The second kappa shape index (κ2) is 5.00. The van der Waals surface area contributed by atoms with E-state index < -0.39 is 0 Å². The molecule has 2 aliphatic rings. The Bertz CT molecular complexity index is 486. The van der Waals surface area contributed by atoms with E-state index in [4.69, 9.17) is 11.6 Å². The first-order chi connectivity index (χ1) is 9.15. The van der Waals surface area contributed by atoms with Crippen molar-refractivity contribution in [2.24, 2.45) is 17.8 Å². The van der Waals surface area contributed by atoms with Crippen LogP contribution < -0.4 is 5.32 Å². The largest absolute Gasteiger partial charge is 0.379 e. The van der Waals surface area contributed by atoms with Crippen LogP contribution in [0.5, 0.6) is 0 Å². The van der Waals surface area contributed by atoms with Gasteiger partial charge in [-0.05, 0) is 55.6 Å². The maximum atomic E-state index is 11.0. The molecule has 0 amide bonds. The molecular formula is C14H17ClN2O2. The summed E-state index contributed by atoms with van der Waals surface area (Å²) in [6.07, 6.45) is 5.28. The molecule has 0 atom stereocenters. The zero-order chi connectivity index (χ0) is 13.4. The Labute approximate surface area is 117 Å². The van der Waals surface area contributed by atoms with Crippen molar-refractivity contribution in [2.45, 2.75) is 25.7 Å². The molecule has 0 saturated heterocycles. The summed E-state index contributed by atoms with van der Waals surface area (Å²) in [5.74, 6) is 2.34. The van der Waals surface area contributed by atoms with Crippen molar-refractivity contribution in [3.63, 3.8) is 0 Å².